The number of benzene rings is 2. The van der Waals surface area contributed by atoms with E-state index < -0.39 is 0 Å². The first-order valence-corrected chi connectivity index (χ1v) is 14.7. The Morgan fingerprint density at radius 1 is 1.07 bits per heavy atom. The molecule has 11 nitrogen and oxygen atoms in total. The summed E-state index contributed by atoms with van der Waals surface area (Å²) in [6, 6.07) is 13.2. The molecule has 222 valence electrons. The molecule has 4 bridgehead atoms. The highest BCUT2D eigenvalue weighted by Gasteiger charge is 2.35. The summed E-state index contributed by atoms with van der Waals surface area (Å²) in [4.78, 5) is 34.5. The van der Waals surface area contributed by atoms with Crippen LogP contribution >= 0.6 is 0 Å². The molecule has 1 aliphatic carbocycles. The minimum Gasteiger partial charge on any atom is -0.493 e. The highest BCUT2D eigenvalue weighted by atomic mass is 16.5. The van der Waals surface area contributed by atoms with Gasteiger partial charge in [-0.15, -0.1) is 0 Å². The van der Waals surface area contributed by atoms with Gasteiger partial charge in [-0.05, 0) is 73.2 Å². The maximum absolute atomic E-state index is 13.2. The van der Waals surface area contributed by atoms with Gasteiger partial charge in [0.25, 0.3) is 5.95 Å². The number of aromatic nitrogens is 2. The number of rotatable bonds is 4. The van der Waals surface area contributed by atoms with Crippen molar-refractivity contribution in [2.75, 3.05) is 38.2 Å². The molecule has 1 saturated carbocycles. The summed E-state index contributed by atoms with van der Waals surface area (Å²) in [7, 11) is 1.60. The number of amides is 2. The van der Waals surface area contributed by atoms with E-state index in [0.717, 1.165) is 24.0 Å². The van der Waals surface area contributed by atoms with Crippen LogP contribution in [0.3, 0.4) is 0 Å². The molecule has 0 radical (unpaired) electrons. The van der Waals surface area contributed by atoms with Crippen LogP contribution in [0, 0.1) is 0 Å². The third kappa shape index (κ3) is 6.51. The second-order valence-corrected chi connectivity index (χ2v) is 11.1. The minimum atomic E-state index is -0.336. The fourth-order valence-electron chi connectivity index (χ4n) is 5.48. The Hall–Kier alpha value is -4.12. The average Bonchev–Trinajstić information content (AvgIpc) is 3.74. The molecule has 3 aromatic rings. The number of methoxy groups -OCH3 is 1. The minimum absolute atomic E-state index is 0.00310. The fourth-order valence-corrected chi connectivity index (χ4v) is 5.48. The van der Waals surface area contributed by atoms with Crippen LogP contribution in [0.2, 0.25) is 0 Å². The van der Waals surface area contributed by atoms with Crippen molar-refractivity contribution in [1.29, 1.82) is 0 Å². The van der Waals surface area contributed by atoms with Crippen LogP contribution in [0.15, 0.2) is 47.0 Å². The van der Waals surface area contributed by atoms with Gasteiger partial charge in [0.05, 0.1) is 32.4 Å². The van der Waals surface area contributed by atoms with Crippen molar-refractivity contribution in [2.24, 2.45) is 0 Å². The van der Waals surface area contributed by atoms with Crippen molar-refractivity contribution in [2.45, 2.75) is 63.7 Å². The molecule has 2 amide bonds. The molecule has 3 heterocycles. The molecular formula is C31H37N5O6. The van der Waals surface area contributed by atoms with Gasteiger partial charge in [0, 0.05) is 32.0 Å². The Balaban J connectivity index is 1.26. The Kier molecular flexibility index (Phi) is 8.27. The Morgan fingerprint density at radius 2 is 1.95 bits per heavy atom. The van der Waals surface area contributed by atoms with E-state index >= 15 is 0 Å². The van der Waals surface area contributed by atoms with Crippen molar-refractivity contribution in [3.05, 3.63) is 59.5 Å². The molecule has 2 atom stereocenters. The average molecular weight is 576 g/mol. The Morgan fingerprint density at radius 3 is 2.76 bits per heavy atom. The molecule has 1 aromatic heterocycles. The third-order valence-corrected chi connectivity index (χ3v) is 8.06. The van der Waals surface area contributed by atoms with Gasteiger partial charge in [0.1, 0.15) is 5.75 Å². The van der Waals surface area contributed by atoms with Crippen molar-refractivity contribution in [3.8, 4) is 17.2 Å². The smallest absolute Gasteiger partial charge is 0.266 e. The Labute approximate surface area is 245 Å². The van der Waals surface area contributed by atoms with Gasteiger partial charge in [-0.3, -0.25) is 9.59 Å². The van der Waals surface area contributed by atoms with Gasteiger partial charge >= 0.3 is 0 Å². The molecule has 42 heavy (non-hydrogen) atoms. The summed E-state index contributed by atoms with van der Waals surface area (Å²) in [5, 5.41) is 7.37. The van der Waals surface area contributed by atoms with Crippen molar-refractivity contribution in [1.82, 2.24) is 20.4 Å². The monoisotopic (exact) mass is 575 g/mol. The predicted octanol–water partition coefficient (Wildman–Crippen LogP) is 3.82. The number of carbonyl (C=O) groups is 2. The molecule has 2 aliphatic heterocycles. The number of hydrogen-bond donors (Lipinski definition) is 1. The molecule has 2 aromatic carbocycles. The number of nitrogens with one attached hydrogen (secondary N) is 1. The lowest BCUT2D eigenvalue weighted by atomic mass is 10.0. The molecule has 3 aliphatic rings. The Bertz CT molecular complexity index is 1420. The highest BCUT2D eigenvalue weighted by Crippen LogP contribution is 2.39. The van der Waals surface area contributed by atoms with Gasteiger partial charge < -0.3 is 33.9 Å². The van der Waals surface area contributed by atoms with E-state index in [4.69, 9.17) is 18.7 Å². The summed E-state index contributed by atoms with van der Waals surface area (Å²) < 4.78 is 23.7. The van der Waals surface area contributed by atoms with Crippen molar-refractivity contribution in [3.63, 3.8) is 0 Å². The fraction of sp³-hybridized carbons (Fsp3) is 0.484. The lowest BCUT2D eigenvalue weighted by molar-refractivity contribution is -0.136. The lowest BCUT2D eigenvalue weighted by Crippen LogP contribution is -2.56. The molecule has 11 heteroatoms. The number of fused-ring (bicyclic) bond motifs is 5. The first kappa shape index (κ1) is 28.0. The summed E-state index contributed by atoms with van der Waals surface area (Å²) in [6.07, 6.45) is 3.27. The first-order valence-electron chi connectivity index (χ1n) is 14.7. The second-order valence-electron chi connectivity index (χ2n) is 11.1. The van der Waals surface area contributed by atoms with Gasteiger partial charge in [-0.25, -0.2) is 0 Å². The second kappa shape index (κ2) is 12.4. The number of carbonyl (C=O) groups excluding carboxylic acids is 2. The number of nitrogens with zero attached hydrogens (tertiary/aromatic N) is 4. The van der Waals surface area contributed by atoms with E-state index in [9.17, 15) is 9.59 Å². The number of piperidine rings is 1. The number of anilines is 1. The van der Waals surface area contributed by atoms with Gasteiger partial charge in [-0.2, -0.15) is 4.98 Å². The van der Waals surface area contributed by atoms with E-state index in [1.807, 2.05) is 49.4 Å². The maximum atomic E-state index is 13.2. The SMILES string of the molecule is CCN1CC(=O)N[C@H]2CCN(c3noc(C4CC4)n3)C[C@@H]2OCc2cccc(c2)Oc2cc(ccc2OC)CCC1=O. The predicted molar refractivity (Wildman–Crippen MR) is 154 cm³/mol. The zero-order valence-corrected chi connectivity index (χ0v) is 24.1. The largest absolute Gasteiger partial charge is 0.493 e. The van der Waals surface area contributed by atoms with Gasteiger partial charge in [0.2, 0.25) is 17.7 Å². The topological polar surface area (TPSA) is 119 Å². The normalized spacial score (nSPS) is 22.0. The highest BCUT2D eigenvalue weighted by molar-refractivity contribution is 5.85. The van der Waals surface area contributed by atoms with E-state index in [1.165, 1.54) is 0 Å². The summed E-state index contributed by atoms with van der Waals surface area (Å²) in [6.45, 7) is 3.78. The quantitative estimate of drug-likeness (QED) is 0.495. The summed E-state index contributed by atoms with van der Waals surface area (Å²) in [5.74, 6) is 3.16. The number of ether oxygens (including phenoxy) is 3. The molecule has 0 spiro atoms. The molecule has 1 saturated heterocycles. The van der Waals surface area contributed by atoms with E-state index in [0.29, 0.717) is 74.1 Å². The summed E-state index contributed by atoms with van der Waals surface area (Å²) in [5.41, 5.74) is 1.88. The molecule has 2 fully saturated rings. The van der Waals surface area contributed by atoms with Crippen LogP contribution < -0.4 is 19.7 Å². The zero-order valence-electron chi connectivity index (χ0n) is 24.1. The first-order chi connectivity index (χ1) is 20.5. The van der Waals surface area contributed by atoms with Crippen molar-refractivity contribution >= 4 is 17.8 Å². The van der Waals surface area contributed by atoms with Gasteiger partial charge in [0.15, 0.2) is 11.5 Å². The van der Waals surface area contributed by atoms with Crippen LogP contribution in [0.1, 0.15) is 55.5 Å². The standard InChI is InChI=1S/C31H37N5O6/c1-3-35-18-28(37)32-24-13-14-36(31-33-30(42-34-31)22-9-10-22)17-27(24)40-19-21-5-4-6-23(15-21)41-26-16-20(8-12-29(35)38)7-11-25(26)39-2/h4-7,11,15-16,22,24,27H,3,8-10,12-14,17-19H2,1-2H3,(H,32,37)/t24-,27-/m0/s1. The van der Waals surface area contributed by atoms with Crippen LogP contribution in [0.25, 0.3) is 0 Å². The van der Waals surface area contributed by atoms with Crippen LogP contribution in [0.4, 0.5) is 5.95 Å². The lowest BCUT2D eigenvalue weighted by Gasteiger charge is -2.38. The number of hydrogen-bond acceptors (Lipinski definition) is 9. The summed E-state index contributed by atoms with van der Waals surface area (Å²) >= 11 is 0. The van der Waals surface area contributed by atoms with E-state index in [2.05, 4.69) is 20.4 Å². The van der Waals surface area contributed by atoms with Crippen LogP contribution in [0.5, 0.6) is 17.2 Å². The van der Waals surface area contributed by atoms with E-state index in [-0.39, 0.29) is 36.9 Å². The number of aryl methyl sites for hydroxylation is 1. The van der Waals surface area contributed by atoms with Crippen LogP contribution in [-0.4, -0.2) is 72.3 Å². The van der Waals surface area contributed by atoms with E-state index in [1.54, 1.807) is 12.0 Å². The molecule has 6 rings (SSSR count). The number of likely N-dealkylation sites (N-methyl/N-ethyl adjacent to an activating group) is 1. The van der Waals surface area contributed by atoms with Crippen LogP contribution in [-0.2, 0) is 27.4 Å². The zero-order chi connectivity index (χ0) is 29.1. The third-order valence-electron chi connectivity index (χ3n) is 8.06. The molecule has 1 N–H and O–H groups in total. The van der Waals surface area contributed by atoms with Gasteiger partial charge in [-0.1, -0.05) is 18.2 Å². The molecular weight excluding hydrogens is 538 g/mol. The maximum Gasteiger partial charge on any atom is 0.266 e. The molecule has 0 unspecified atom stereocenters. The van der Waals surface area contributed by atoms with Crippen molar-refractivity contribution < 1.29 is 28.3 Å².